The summed E-state index contributed by atoms with van der Waals surface area (Å²) < 4.78 is 14.4. The van der Waals surface area contributed by atoms with Crippen LogP contribution < -0.4 is 4.90 Å². The second-order valence-electron chi connectivity index (χ2n) is 11.6. The highest BCUT2D eigenvalue weighted by molar-refractivity contribution is 6.35. The zero-order valence-electron chi connectivity index (χ0n) is 20.3. The number of carbonyl (C=O) groups excluding carboxylic acids is 2. The molecule has 1 heterocycles. The minimum absolute atomic E-state index is 0.00665. The van der Waals surface area contributed by atoms with Crippen molar-refractivity contribution in [1.29, 1.82) is 0 Å². The Morgan fingerprint density at radius 1 is 0.800 bits per heavy atom. The normalized spacial score (nSPS) is 21.9. The first-order chi connectivity index (χ1) is 16.3. The van der Waals surface area contributed by atoms with Gasteiger partial charge in [-0.1, -0.05) is 63.0 Å². The summed E-state index contributed by atoms with van der Waals surface area (Å²) in [5, 5.41) is 0.957. The van der Waals surface area contributed by atoms with E-state index in [1.807, 2.05) is 18.2 Å². The molecule has 2 aromatic carbocycles. The topological polar surface area (TPSA) is 37.4 Å². The number of allylic oxidation sites excluding steroid dienone is 4. The highest BCUT2D eigenvalue weighted by Gasteiger charge is 2.49. The molecule has 2 aliphatic carbocycles. The summed E-state index contributed by atoms with van der Waals surface area (Å²) in [5.41, 5.74) is 3.69. The number of halogens is 3. The molecule has 182 valence electrons. The van der Waals surface area contributed by atoms with E-state index in [1.165, 1.54) is 12.1 Å². The van der Waals surface area contributed by atoms with E-state index in [0.29, 0.717) is 52.4 Å². The molecule has 0 radical (unpaired) electrons. The van der Waals surface area contributed by atoms with Crippen molar-refractivity contribution in [3.63, 3.8) is 0 Å². The summed E-state index contributed by atoms with van der Waals surface area (Å²) >= 11 is 12.8. The number of carbonyl (C=O) groups is 2. The maximum atomic E-state index is 14.4. The third kappa shape index (κ3) is 4.36. The van der Waals surface area contributed by atoms with E-state index < -0.39 is 5.92 Å². The standard InChI is InChI=1S/C29H28Cl2FNO2/c1-28(2)12-21-26(23(34)14-28)25(16-6-5-7-19(32)8-16)27-22(13-29(3,4)15-24(27)35)33(21)20-10-17(30)9-18(31)11-20/h5-11,25H,12-15H2,1-4H3. The van der Waals surface area contributed by atoms with Gasteiger partial charge in [-0.25, -0.2) is 4.39 Å². The summed E-state index contributed by atoms with van der Waals surface area (Å²) in [7, 11) is 0. The maximum absolute atomic E-state index is 14.4. The van der Waals surface area contributed by atoms with E-state index in [1.54, 1.807) is 12.1 Å². The lowest BCUT2D eigenvalue weighted by Crippen LogP contribution is -2.44. The molecule has 5 rings (SSSR count). The number of ketones is 2. The number of hydrogen-bond acceptors (Lipinski definition) is 3. The fourth-order valence-electron chi connectivity index (χ4n) is 5.96. The Bertz CT molecular complexity index is 1260. The largest absolute Gasteiger partial charge is 0.317 e. The quantitative estimate of drug-likeness (QED) is 0.409. The molecular weight excluding hydrogens is 484 g/mol. The molecule has 0 amide bonds. The van der Waals surface area contributed by atoms with E-state index in [2.05, 4.69) is 32.6 Å². The van der Waals surface area contributed by atoms with Crippen LogP contribution in [0.15, 0.2) is 65.0 Å². The number of nitrogens with zero attached hydrogens (tertiary/aromatic N) is 1. The number of Topliss-reactive ketones (excluding diaryl/α,β-unsaturated/α-hetero) is 2. The Balaban J connectivity index is 1.86. The highest BCUT2D eigenvalue weighted by atomic mass is 35.5. The van der Waals surface area contributed by atoms with Gasteiger partial charge in [0, 0.05) is 57.0 Å². The van der Waals surface area contributed by atoms with Crippen molar-refractivity contribution in [2.45, 2.75) is 59.3 Å². The summed E-state index contributed by atoms with van der Waals surface area (Å²) in [4.78, 5) is 29.6. The number of anilines is 1. The Morgan fingerprint density at radius 3 is 1.80 bits per heavy atom. The molecule has 0 atom stereocenters. The molecule has 6 heteroatoms. The Kier molecular flexibility index (Phi) is 5.77. The van der Waals surface area contributed by atoms with Gasteiger partial charge in [-0.3, -0.25) is 9.59 Å². The van der Waals surface area contributed by atoms with Crippen molar-refractivity contribution < 1.29 is 14.0 Å². The minimum atomic E-state index is -0.589. The average molecular weight is 512 g/mol. The van der Waals surface area contributed by atoms with E-state index >= 15 is 0 Å². The molecule has 3 nitrogen and oxygen atoms in total. The Morgan fingerprint density at radius 2 is 1.31 bits per heavy atom. The van der Waals surface area contributed by atoms with Gasteiger partial charge in [0.2, 0.25) is 0 Å². The van der Waals surface area contributed by atoms with Crippen molar-refractivity contribution in [3.05, 3.63) is 86.4 Å². The molecule has 2 aromatic rings. The van der Waals surface area contributed by atoms with E-state index in [0.717, 1.165) is 17.1 Å². The van der Waals surface area contributed by atoms with Crippen LogP contribution in [0.2, 0.25) is 10.0 Å². The van der Waals surface area contributed by atoms with Gasteiger partial charge in [0.1, 0.15) is 5.82 Å². The zero-order chi connectivity index (χ0) is 25.3. The highest BCUT2D eigenvalue weighted by Crippen LogP contribution is 2.55. The minimum Gasteiger partial charge on any atom is -0.317 e. The van der Waals surface area contributed by atoms with Crippen molar-refractivity contribution in [3.8, 4) is 0 Å². The second kappa shape index (κ2) is 8.31. The molecule has 1 aliphatic heterocycles. The molecule has 0 fully saturated rings. The van der Waals surface area contributed by atoms with E-state index in [4.69, 9.17) is 23.2 Å². The van der Waals surface area contributed by atoms with Crippen LogP contribution in [-0.4, -0.2) is 11.6 Å². The monoisotopic (exact) mass is 511 g/mol. The van der Waals surface area contributed by atoms with Gasteiger partial charge in [0.15, 0.2) is 11.6 Å². The molecule has 0 aromatic heterocycles. The smallest absolute Gasteiger partial charge is 0.162 e. The summed E-state index contributed by atoms with van der Waals surface area (Å²) in [6.45, 7) is 8.31. The van der Waals surface area contributed by atoms with Gasteiger partial charge < -0.3 is 4.90 Å². The fourth-order valence-corrected chi connectivity index (χ4v) is 6.48. The van der Waals surface area contributed by atoms with Crippen LogP contribution in [0.5, 0.6) is 0 Å². The van der Waals surface area contributed by atoms with Crippen molar-refractivity contribution in [2.75, 3.05) is 4.90 Å². The molecular formula is C29H28Cl2FNO2. The van der Waals surface area contributed by atoms with Crippen LogP contribution in [0.3, 0.4) is 0 Å². The molecule has 0 bridgehead atoms. The fraction of sp³-hybridized carbons (Fsp3) is 0.379. The molecule has 0 saturated heterocycles. The van der Waals surface area contributed by atoms with Crippen molar-refractivity contribution >= 4 is 40.5 Å². The molecule has 35 heavy (non-hydrogen) atoms. The number of rotatable bonds is 2. The predicted octanol–water partition coefficient (Wildman–Crippen LogP) is 8.02. The molecule has 0 saturated carbocycles. The van der Waals surface area contributed by atoms with E-state index in [9.17, 15) is 14.0 Å². The third-order valence-corrected chi connectivity index (χ3v) is 7.63. The molecule has 3 aliphatic rings. The SMILES string of the molecule is CC1(C)CC(=O)C2=C(C1)N(c1cc(Cl)cc(Cl)c1)C1=C(C(=O)CC(C)(C)C1)C2c1cccc(F)c1. The van der Waals surface area contributed by atoms with Crippen LogP contribution in [0.1, 0.15) is 64.9 Å². The van der Waals surface area contributed by atoms with Crippen LogP contribution in [0.4, 0.5) is 10.1 Å². The summed E-state index contributed by atoms with van der Waals surface area (Å²) in [6, 6.07) is 11.6. The van der Waals surface area contributed by atoms with Gasteiger partial charge in [-0.15, -0.1) is 0 Å². The van der Waals surface area contributed by atoms with Gasteiger partial charge in [0.25, 0.3) is 0 Å². The first-order valence-electron chi connectivity index (χ1n) is 11.9. The zero-order valence-corrected chi connectivity index (χ0v) is 21.9. The van der Waals surface area contributed by atoms with Crippen LogP contribution in [0, 0.1) is 16.6 Å². The molecule has 0 spiro atoms. The maximum Gasteiger partial charge on any atom is 0.162 e. The van der Waals surface area contributed by atoms with Crippen LogP contribution in [-0.2, 0) is 9.59 Å². The summed E-state index contributed by atoms with van der Waals surface area (Å²) in [6.07, 6.45) is 2.00. The Hall–Kier alpha value is -2.43. The predicted molar refractivity (Wildman–Crippen MR) is 138 cm³/mol. The third-order valence-electron chi connectivity index (χ3n) is 7.20. The first kappa shape index (κ1) is 24.3. The summed E-state index contributed by atoms with van der Waals surface area (Å²) in [5.74, 6) is -0.988. The number of hydrogen-bond donors (Lipinski definition) is 0. The lowest BCUT2D eigenvalue weighted by atomic mass is 9.63. The average Bonchev–Trinajstić information content (AvgIpc) is 2.69. The lowest BCUT2D eigenvalue weighted by Gasteiger charge is -2.49. The van der Waals surface area contributed by atoms with E-state index in [-0.39, 0.29) is 28.2 Å². The molecule has 0 unspecified atom stereocenters. The Labute approximate surface area is 215 Å². The number of benzene rings is 2. The van der Waals surface area contributed by atoms with Crippen LogP contribution in [0.25, 0.3) is 0 Å². The van der Waals surface area contributed by atoms with Gasteiger partial charge in [-0.2, -0.15) is 0 Å². The van der Waals surface area contributed by atoms with Gasteiger partial charge >= 0.3 is 0 Å². The first-order valence-corrected chi connectivity index (χ1v) is 12.6. The molecule has 0 N–H and O–H groups in total. The van der Waals surface area contributed by atoms with Gasteiger partial charge in [-0.05, 0) is 59.6 Å². The van der Waals surface area contributed by atoms with Crippen molar-refractivity contribution in [2.24, 2.45) is 10.8 Å². The second-order valence-corrected chi connectivity index (χ2v) is 12.4. The lowest BCUT2D eigenvalue weighted by molar-refractivity contribution is -0.119. The van der Waals surface area contributed by atoms with Gasteiger partial charge in [0.05, 0.1) is 0 Å². The van der Waals surface area contributed by atoms with Crippen LogP contribution >= 0.6 is 23.2 Å². The van der Waals surface area contributed by atoms with Crippen molar-refractivity contribution in [1.82, 2.24) is 0 Å².